The van der Waals surface area contributed by atoms with Gasteiger partial charge in [0, 0.05) is 57.5 Å². The molecule has 0 spiro atoms. The van der Waals surface area contributed by atoms with Crippen molar-refractivity contribution in [2.24, 2.45) is 0 Å². The summed E-state index contributed by atoms with van der Waals surface area (Å²) in [6.07, 6.45) is 0. The van der Waals surface area contributed by atoms with E-state index in [0.29, 0.717) is 12.3 Å². The van der Waals surface area contributed by atoms with Crippen LogP contribution in [0, 0.1) is 6.92 Å². The lowest BCUT2D eigenvalue weighted by Gasteiger charge is -2.31. The number of nitrogens with zero attached hydrogens (tertiary/aromatic N) is 4. The highest BCUT2D eigenvalue weighted by Gasteiger charge is 2.19. The molecule has 1 aliphatic rings. The van der Waals surface area contributed by atoms with E-state index in [9.17, 15) is 4.79 Å². The molecule has 1 aliphatic heterocycles. The predicted octanol–water partition coefficient (Wildman–Crippen LogP) is 3.06. The number of aryl methyl sites for hydroxylation is 1. The maximum absolute atomic E-state index is 12.8. The van der Waals surface area contributed by atoms with Gasteiger partial charge in [-0.3, -0.25) is 9.69 Å². The fourth-order valence-corrected chi connectivity index (χ4v) is 3.99. The molecule has 1 saturated heterocycles. The van der Waals surface area contributed by atoms with Crippen molar-refractivity contribution in [2.45, 2.75) is 20.0 Å². The van der Waals surface area contributed by atoms with E-state index < -0.39 is 0 Å². The molecule has 4 rings (SSSR count). The number of benzene rings is 1. The molecule has 0 atom stereocenters. The minimum atomic E-state index is -0.0660. The van der Waals surface area contributed by atoms with Crippen molar-refractivity contribution in [2.75, 3.05) is 46.8 Å². The van der Waals surface area contributed by atoms with E-state index in [2.05, 4.69) is 58.7 Å². The summed E-state index contributed by atoms with van der Waals surface area (Å²) in [5, 5.41) is 1.23. The van der Waals surface area contributed by atoms with Crippen LogP contribution in [0.2, 0.25) is 0 Å². The molecule has 0 unspecified atom stereocenters. The lowest BCUT2D eigenvalue weighted by Crippen LogP contribution is -2.43. The second-order valence-electron chi connectivity index (χ2n) is 8.07. The molecule has 2 aromatic heterocycles. The number of para-hydroxylation sites is 1. The number of likely N-dealkylation sites (N-methyl/N-ethyl adjacent to an activating group) is 2. The number of piperazine rings is 1. The van der Waals surface area contributed by atoms with Crippen molar-refractivity contribution in [3.8, 4) is 0 Å². The van der Waals surface area contributed by atoms with Crippen molar-refractivity contribution in [1.29, 1.82) is 0 Å². The van der Waals surface area contributed by atoms with Gasteiger partial charge in [-0.05, 0) is 43.6 Å². The quantitative estimate of drug-likeness (QED) is 0.645. The van der Waals surface area contributed by atoms with E-state index in [-0.39, 0.29) is 5.91 Å². The van der Waals surface area contributed by atoms with Crippen LogP contribution in [-0.4, -0.2) is 72.0 Å². The van der Waals surface area contributed by atoms with Gasteiger partial charge in [0.1, 0.15) is 5.76 Å². The molecule has 3 heterocycles. The second kappa shape index (κ2) is 8.43. The molecule has 154 valence electrons. The van der Waals surface area contributed by atoms with E-state index in [1.54, 1.807) is 11.0 Å². The minimum absolute atomic E-state index is 0.0660. The molecule has 6 nitrogen and oxygen atoms in total. The first-order chi connectivity index (χ1) is 14.0. The van der Waals surface area contributed by atoms with Gasteiger partial charge >= 0.3 is 0 Å². The van der Waals surface area contributed by atoms with Gasteiger partial charge in [0.05, 0.1) is 6.54 Å². The standard InChI is InChI=1S/C23H30N4O2/c1-18-16-19-6-4-5-7-21(19)27(18)15-12-25(3)23(28)22-9-8-20(29-22)17-26-13-10-24(2)11-14-26/h4-9,16H,10-15,17H2,1-3H3. The second-order valence-corrected chi connectivity index (χ2v) is 8.07. The van der Waals surface area contributed by atoms with Crippen molar-refractivity contribution in [3.63, 3.8) is 0 Å². The van der Waals surface area contributed by atoms with Gasteiger partial charge in [0.2, 0.25) is 0 Å². The number of hydrogen-bond acceptors (Lipinski definition) is 4. The van der Waals surface area contributed by atoms with Crippen LogP contribution >= 0.6 is 0 Å². The lowest BCUT2D eigenvalue weighted by molar-refractivity contribution is 0.0753. The van der Waals surface area contributed by atoms with Gasteiger partial charge in [0.25, 0.3) is 5.91 Å². The molecule has 29 heavy (non-hydrogen) atoms. The van der Waals surface area contributed by atoms with Crippen LogP contribution in [0.1, 0.15) is 22.0 Å². The van der Waals surface area contributed by atoms with Crippen molar-refractivity contribution in [1.82, 2.24) is 19.3 Å². The van der Waals surface area contributed by atoms with Crippen LogP contribution in [0.25, 0.3) is 10.9 Å². The highest BCUT2D eigenvalue weighted by Crippen LogP contribution is 2.19. The Kier molecular flexibility index (Phi) is 5.74. The Labute approximate surface area is 172 Å². The summed E-state index contributed by atoms with van der Waals surface area (Å²) >= 11 is 0. The van der Waals surface area contributed by atoms with E-state index in [0.717, 1.165) is 45.0 Å². The Hall–Kier alpha value is -2.57. The van der Waals surface area contributed by atoms with Crippen LogP contribution in [-0.2, 0) is 13.1 Å². The van der Waals surface area contributed by atoms with Gasteiger partial charge in [0.15, 0.2) is 5.76 Å². The number of furan rings is 1. The Morgan fingerprint density at radius 1 is 1.10 bits per heavy atom. The van der Waals surface area contributed by atoms with Crippen LogP contribution in [0.3, 0.4) is 0 Å². The molecule has 6 heteroatoms. The number of carbonyl (C=O) groups is 1. The summed E-state index contributed by atoms with van der Waals surface area (Å²) in [7, 11) is 3.99. The third-order valence-corrected chi connectivity index (χ3v) is 5.87. The summed E-state index contributed by atoms with van der Waals surface area (Å²) in [5.41, 5.74) is 2.41. The normalized spacial score (nSPS) is 15.8. The van der Waals surface area contributed by atoms with E-state index in [1.165, 1.54) is 16.6 Å². The number of fused-ring (bicyclic) bond motifs is 1. The Morgan fingerprint density at radius 3 is 2.66 bits per heavy atom. The molecule has 0 radical (unpaired) electrons. The van der Waals surface area contributed by atoms with Gasteiger partial charge in [-0.2, -0.15) is 0 Å². The lowest BCUT2D eigenvalue weighted by atomic mass is 10.2. The fourth-order valence-electron chi connectivity index (χ4n) is 3.99. The van der Waals surface area contributed by atoms with Crippen LogP contribution in [0.5, 0.6) is 0 Å². The third kappa shape index (κ3) is 4.38. The zero-order valence-electron chi connectivity index (χ0n) is 17.6. The minimum Gasteiger partial charge on any atom is -0.455 e. The molecule has 0 N–H and O–H groups in total. The highest BCUT2D eigenvalue weighted by atomic mass is 16.4. The summed E-state index contributed by atoms with van der Waals surface area (Å²) in [5.74, 6) is 1.22. The van der Waals surface area contributed by atoms with Crippen molar-refractivity contribution >= 4 is 16.8 Å². The highest BCUT2D eigenvalue weighted by molar-refractivity contribution is 5.91. The molecule has 0 bridgehead atoms. The average molecular weight is 395 g/mol. The van der Waals surface area contributed by atoms with Crippen molar-refractivity contribution < 1.29 is 9.21 Å². The van der Waals surface area contributed by atoms with Gasteiger partial charge in [-0.15, -0.1) is 0 Å². The molecular weight excluding hydrogens is 364 g/mol. The topological polar surface area (TPSA) is 44.9 Å². The predicted molar refractivity (Wildman–Crippen MR) is 115 cm³/mol. The van der Waals surface area contributed by atoms with Gasteiger partial charge in [-0.25, -0.2) is 0 Å². The monoisotopic (exact) mass is 394 g/mol. The van der Waals surface area contributed by atoms with Crippen LogP contribution < -0.4 is 0 Å². The Balaban J connectivity index is 1.35. The molecule has 0 saturated carbocycles. The summed E-state index contributed by atoms with van der Waals surface area (Å²) < 4.78 is 8.14. The average Bonchev–Trinajstić information content (AvgIpc) is 3.31. The number of carbonyl (C=O) groups excluding carboxylic acids is 1. The molecule has 1 aromatic carbocycles. The smallest absolute Gasteiger partial charge is 0.289 e. The molecule has 0 aliphatic carbocycles. The molecule has 1 fully saturated rings. The third-order valence-electron chi connectivity index (χ3n) is 5.87. The largest absolute Gasteiger partial charge is 0.455 e. The SMILES string of the molecule is Cc1cc2ccccc2n1CCN(C)C(=O)c1ccc(CN2CCN(C)CC2)o1. The van der Waals surface area contributed by atoms with E-state index >= 15 is 0 Å². The molecule has 3 aromatic rings. The maximum Gasteiger partial charge on any atom is 0.289 e. The number of rotatable bonds is 6. The van der Waals surface area contributed by atoms with Crippen LogP contribution in [0.15, 0.2) is 46.9 Å². The van der Waals surface area contributed by atoms with Gasteiger partial charge < -0.3 is 18.8 Å². The number of amides is 1. The Bertz CT molecular complexity index is 982. The van der Waals surface area contributed by atoms with E-state index in [1.807, 2.05) is 13.1 Å². The van der Waals surface area contributed by atoms with Crippen molar-refractivity contribution in [3.05, 3.63) is 59.7 Å². The zero-order chi connectivity index (χ0) is 20.4. The Morgan fingerprint density at radius 2 is 1.86 bits per heavy atom. The first-order valence-electron chi connectivity index (χ1n) is 10.3. The first kappa shape index (κ1) is 19.7. The zero-order valence-corrected chi connectivity index (χ0v) is 17.6. The summed E-state index contributed by atoms with van der Waals surface area (Å²) in [6.45, 7) is 8.47. The summed E-state index contributed by atoms with van der Waals surface area (Å²) in [4.78, 5) is 19.2. The van der Waals surface area contributed by atoms with Gasteiger partial charge in [-0.1, -0.05) is 18.2 Å². The number of hydrogen-bond donors (Lipinski definition) is 0. The molecule has 1 amide bonds. The molecular formula is C23H30N4O2. The number of aromatic nitrogens is 1. The van der Waals surface area contributed by atoms with E-state index in [4.69, 9.17) is 4.42 Å². The fraction of sp³-hybridized carbons (Fsp3) is 0.435. The van der Waals surface area contributed by atoms with Crippen LogP contribution in [0.4, 0.5) is 0 Å². The maximum atomic E-state index is 12.8. The first-order valence-corrected chi connectivity index (χ1v) is 10.3. The summed E-state index contributed by atoms with van der Waals surface area (Å²) in [6, 6.07) is 14.3.